The number of nitrogens with zero attached hydrogens (tertiary/aromatic N) is 1. The molecule has 3 aromatic carbocycles. The van der Waals surface area contributed by atoms with E-state index in [0.717, 1.165) is 0 Å². The van der Waals surface area contributed by atoms with Gasteiger partial charge in [-0.25, -0.2) is 4.39 Å². The lowest BCUT2D eigenvalue weighted by molar-refractivity contribution is -0.132. The van der Waals surface area contributed by atoms with Crippen LogP contribution in [0, 0.1) is 5.82 Å². The van der Waals surface area contributed by atoms with Crippen LogP contribution >= 0.6 is 23.2 Å². The number of benzene rings is 3. The summed E-state index contributed by atoms with van der Waals surface area (Å²) in [6.45, 7) is 0. The normalized spacial score (nSPS) is 17.2. The molecule has 1 N–H and O–H groups in total. The maximum absolute atomic E-state index is 13.7. The zero-order valence-electron chi connectivity index (χ0n) is 18.0. The van der Waals surface area contributed by atoms with Gasteiger partial charge in [0, 0.05) is 5.69 Å². The third-order valence-electron chi connectivity index (χ3n) is 5.47. The minimum Gasteiger partial charge on any atom is -0.507 e. The number of carbonyl (C=O) groups is 2. The van der Waals surface area contributed by atoms with Gasteiger partial charge in [0.15, 0.2) is 0 Å². The molecular formula is C25H18Cl2FNO5. The standard InChI is InChI=1S/C25H18Cl2FNO5/c1-33-16-8-10-20(34-2)17(12-16)23(30)21-22(13-3-5-14(28)6-4-13)29(25(32)24(21)31)15-7-9-18(26)19(27)11-15/h3-12,22,30H,1-2H3/b23-21+. The molecule has 1 amide bonds. The van der Waals surface area contributed by atoms with Gasteiger partial charge in [-0.2, -0.15) is 0 Å². The molecule has 0 radical (unpaired) electrons. The molecule has 174 valence electrons. The van der Waals surface area contributed by atoms with Gasteiger partial charge in [-0.3, -0.25) is 14.5 Å². The number of Topliss-reactive ketones (excluding diaryl/α,β-unsaturated/α-hetero) is 1. The van der Waals surface area contributed by atoms with Crippen LogP contribution in [0.15, 0.2) is 66.2 Å². The summed E-state index contributed by atoms with van der Waals surface area (Å²) in [7, 11) is 2.86. The maximum atomic E-state index is 13.7. The van der Waals surface area contributed by atoms with Gasteiger partial charge in [0.2, 0.25) is 0 Å². The Bertz CT molecular complexity index is 1320. The fraction of sp³-hybridized carbons (Fsp3) is 0.120. The second kappa shape index (κ2) is 9.37. The fourth-order valence-electron chi connectivity index (χ4n) is 3.84. The average Bonchev–Trinajstić information content (AvgIpc) is 3.10. The number of ketones is 1. The van der Waals surface area contributed by atoms with Crippen molar-refractivity contribution in [2.24, 2.45) is 0 Å². The van der Waals surface area contributed by atoms with Gasteiger partial charge in [0.25, 0.3) is 11.7 Å². The minimum atomic E-state index is -1.08. The van der Waals surface area contributed by atoms with Crippen molar-refractivity contribution < 1.29 is 28.6 Å². The van der Waals surface area contributed by atoms with Crippen LogP contribution in [-0.4, -0.2) is 31.0 Å². The molecule has 1 aliphatic heterocycles. The molecule has 9 heteroatoms. The van der Waals surface area contributed by atoms with Crippen LogP contribution in [-0.2, 0) is 9.59 Å². The van der Waals surface area contributed by atoms with E-state index in [2.05, 4.69) is 0 Å². The summed E-state index contributed by atoms with van der Waals surface area (Å²) in [6.07, 6.45) is 0. The van der Waals surface area contributed by atoms with E-state index in [1.54, 1.807) is 12.1 Å². The van der Waals surface area contributed by atoms with Gasteiger partial charge in [-0.15, -0.1) is 0 Å². The van der Waals surface area contributed by atoms with Crippen molar-refractivity contribution in [3.8, 4) is 11.5 Å². The smallest absolute Gasteiger partial charge is 0.300 e. The zero-order chi connectivity index (χ0) is 24.6. The molecule has 1 atom stereocenters. The highest BCUT2D eigenvalue weighted by Gasteiger charge is 2.47. The Labute approximate surface area is 204 Å². The lowest BCUT2D eigenvalue weighted by Crippen LogP contribution is -2.29. The van der Waals surface area contributed by atoms with Crippen molar-refractivity contribution in [1.29, 1.82) is 0 Å². The largest absolute Gasteiger partial charge is 0.507 e. The van der Waals surface area contributed by atoms with Crippen LogP contribution in [0.4, 0.5) is 10.1 Å². The van der Waals surface area contributed by atoms with Crippen molar-refractivity contribution in [3.63, 3.8) is 0 Å². The van der Waals surface area contributed by atoms with Crippen LogP contribution in [0.2, 0.25) is 10.0 Å². The Hall–Kier alpha value is -3.55. The Morgan fingerprint density at radius 2 is 1.65 bits per heavy atom. The van der Waals surface area contributed by atoms with E-state index in [4.69, 9.17) is 32.7 Å². The van der Waals surface area contributed by atoms with Crippen molar-refractivity contribution in [2.45, 2.75) is 6.04 Å². The lowest BCUT2D eigenvalue weighted by Gasteiger charge is -2.26. The van der Waals surface area contributed by atoms with E-state index < -0.39 is 29.3 Å². The molecule has 1 fully saturated rings. The number of anilines is 1. The quantitative estimate of drug-likeness (QED) is 0.272. The van der Waals surface area contributed by atoms with Gasteiger partial charge < -0.3 is 14.6 Å². The van der Waals surface area contributed by atoms with E-state index in [1.807, 2.05) is 0 Å². The number of halogens is 3. The number of rotatable bonds is 5. The van der Waals surface area contributed by atoms with Crippen molar-refractivity contribution in [3.05, 3.63) is 93.2 Å². The van der Waals surface area contributed by atoms with Gasteiger partial charge in [-0.05, 0) is 54.1 Å². The second-order valence-corrected chi connectivity index (χ2v) is 8.20. The van der Waals surface area contributed by atoms with E-state index in [-0.39, 0.29) is 32.6 Å². The molecule has 1 aliphatic rings. The average molecular weight is 502 g/mol. The summed E-state index contributed by atoms with van der Waals surface area (Å²) in [5.41, 5.74) is 0.632. The summed E-state index contributed by atoms with van der Waals surface area (Å²) in [6, 6.07) is 13.4. The first-order valence-corrected chi connectivity index (χ1v) is 10.8. The number of amides is 1. The minimum absolute atomic E-state index is 0.154. The molecule has 1 saturated heterocycles. The number of methoxy groups -OCH3 is 2. The highest BCUT2D eigenvalue weighted by atomic mass is 35.5. The zero-order valence-corrected chi connectivity index (χ0v) is 19.5. The summed E-state index contributed by atoms with van der Waals surface area (Å²) in [5, 5.41) is 11.8. The molecule has 1 unspecified atom stereocenters. The van der Waals surface area contributed by atoms with Gasteiger partial charge in [-0.1, -0.05) is 35.3 Å². The summed E-state index contributed by atoms with van der Waals surface area (Å²) in [4.78, 5) is 27.6. The van der Waals surface area contributed by atoms with Crippen molar-refractivity contribution >= 4 is 46.3 Å². The molecule has 0 saturated carbocycles. The number of carbonyl (C=O) groups excluding carboxylic acids is 2. The molecule has 0 aromatic heterocycles. The predicted octanol–water partition coefficient (Wildman–Crippen LogP) is 5.78. The number of hydrogen-bond acceptors (Lipinski definition) is 5. The van der Waals surface area contributed by atoms with Crippen molar-refractivity contribution in [1.82, 2.24) is 0 Å². The summed E-state index contributed by atoms with van der Waals surface area (Å²) in [5.74, 6) is -2.12. The van der Waals surface area contributed by atoms with Gasteiger partial charge >= 0.3 is 0 Å². The second-order valence-electron chi connectivity index (χ2n) is 7.39. The molecule has 0 spiro atoms. The predicted molar refractivity (Wildman–Crippen MR) is 127 cm³/mol. The van der Waals surface area contributed by atoms with E-state index in [0.29, 0.717) is 11.3 Å². The Kier molecular flexibility index (Phi) is 6.50. The van der Waals surface area contributed by atoms with E-state index >= 15 is 0 Å². The highest BCUT2D eigenvalue weighted by molar-refractivity contribution is 6.52. The number of aliphatic hydroxyl groups is 1. The third kappa shape index (κ3) is 4.08. The number of ether oxygens (including phenoxy) is 2. The molecule has 34 heavy (non-hydrogen) atoms. The molecular weight excluding hydrogens is 484 g/mol. The fourth-order valence-corrected chi connectivity index (χ4v) is 4.13. The molecule has 0 bridgehead atoms. The van der Waals surface area contributed by atoms with Gasteiger partial charge in [0.1, 0.15) is 23.1 Å². The van der Waals surface area contributed by atoms with E-state index in [9.17, 15) is 19.1 Å². The van der Waals surface area contributed by atoms with E-state index in [1.165, 1.54) is 67.7 Å². The summed E-state index contributed by atoms with van der Waals surface area (Å²) >= 11 is 12.2. The van der Waals surface area contributed by atoms with Crippen LogP contribution in [0.1, 0.15) is 17.2 Å². The molecule has 0 aliphatic carbocycles. The van der Waals surface area contributed by atoms with Crippen LogP contribution in [0.3, 0.4) is 0 Å². The first kappa shape index (κ1) is 23.6. The highest BCUT2D eigenvalue weighted by Crippen LogP contribution is 2.44. The lowest BCUT2D eigenvalue weighted by atomic mass is 9.94. The maximum Gasteiger partial charge on any atom is 0.300 e. The van der Waals surface area contributed by atoms with Gasteiger partial charge in [0.05, 0.1) is 41.4 Å². The van der Waals surface area contributed by atoms with Crippen LogP contribution in [0.25, 0.3) is 5.76 Å². The Morgan fingerprint density at radius 1 is 0.941 bits per heavy atom. The first-order chi connectivity index (χ1) is 16.3. The summed E-state index contributed by atoms with van der Waals surface area (Å²) < 4.78 is 24.3. The topological polar surface area (TPSA) is 76.1 Å². The third-order valence-corrected chi connectivity index (χ3v) is 6.21. The van der Waals surface area contributed by atoms with Crippen LogP contribution < -0.4 is 14.4 Å². The molecule has 6 nitrogen and oxygen atoms in total. The Balaban J connectivity index is 1.99. The first-order valence-electron chi connectivity index (χ1n) is 10.0. The molecule has 3 aromatic rings. The monoisotopic (exact) mass is 501 g/mol. The van der Waals surface area contributed by atoms with Crippen molar-refractivity contribution in [2.75, 3.05) is 19.1 Å². The molecule has 4 rings (SSSR count). The number of aliphatic hydroxyl groups excluding tert-OH is 1. The number of hydrogen-bond donors (Lipinski definition) is 1. The SMILES string of the molecule is COc1ccc(OC)c(/C(O)=C2\C(=O)C(=O)N(c3ccc(Cl)c(Cl)c3)C2c2ccc(F)cc2)c1. The van der Waals surface area contributed by atoms with Crippen LogP contribution in [0.5, 0.6) is 11.5 Å². The Morgan fingerprint density at radius 3 is 2.26 bits per heavy atom. The molecule has 1 heterocycles.